The second-order valence-corrected chi connectivity index (χ2v) is 4.06. The van der Waals surface area contributed by atoms with Crippen LogP contribution in [0, 0.1) is 0 Å². The summed E-state index contributed by atoms with van der Waals surface area (Å²) in [5, 5.41) is 11.5. The SMILES string of the molecule is Cl.O=C1CN(Cc2ccc(C(=O)O)cc2)CCN1. The van der Waals surface area contributed by atoms with Gasteiger partial charge in [0.15, 0.2) is 0 Å². The Bertz CT molecular complexity index is 433. The fraction of sp³-hybridized carbons (Fsp3) is 0.333. The summed E-state index contributed by atoms with van der Waals surface area (Å²) in [7, 11) is 0. The van der Waals surface area contributed by atoms with Crippen LogP contribution in [0.3, 0.4) is 0 Å². The molecule has 0 saturated carbocycles. The molecule has 0 unspecified atom stereocenters. The lowest BCUT2D eigenvalue weighted by atomic mass is 10.1. The number of hydrogen-bond acceptors (Lipinski definition) is 3. The van der Waals surface area contributed by atoms with Crippen molar-refractivity contribution in [1.82, 2.24) is 10.2 Å². The molecule has 5 nitrogen and oxygen atoms in total. The van der Waals surface area contributed by atoms with E-state index in [2.05, 4.69) is 5.32 Å². The summed E-state index contributed by atoms with van der Waals surface area (Å²) in [6.07, 6.45) is 0. The normalized spacial score (nSPS) is 15.7. The van der Waals surface area contributed by atoms with Gasteiger partial charge in [0, 0.05) is 19.6 Å². The molecule has 0 radical (unpaired) electrons. The third-order valence-corrected chi connectivity index (χ3v) is 2.72. The van der Waals surface area contributed by atoms with E-state index in [4.69, 9.17) is 5.11 Å². The highest BCUT2D eigenvalue weighted by Crippen LogP contribution is 2.08. The van der Waals surface area contributed by atoms with E-state index in [9.17, 15) is 9.59 Å². The number of benzene rings is 1. The number of carbonyl (C=O) groups is 2. The van der Waals surface area contributed by atoms with Crippen LogP contribution in [0.15, 0.2) is 24.3 Å². The van der Waals surface area contributed by atoms with Gasteiger partial charge >= 0.3 is 5.97 Å². The average molecular weight is 271 g/mol. The molecule has 0 bridgehead atoms. The third-order valence-electron chi connectivity index (χ3n) is 2.72. The van der Waals surface area contributed by atoms with Gasteiger partial charge in [-0.3, -0.25) is 9.69 Å². The zero-order chi connectivity index (χ0) is 12.3. The Morgan fingerprint density at radius 3 is 2.56 bits per heavy atom. The molecule has 2 N–H and O–H groups in total. The van der Waals surface area contributed by atoms with Gasteiger partial charge in [-0.25, -0.2) is 4.79 Å². The van der Waals surface area contributed by atoms with Gasteiger partial charge in [-0.15, -0.1) is 12.4 Å². The minimum absolute atomic E-state index is 0. The highest BCUT2D eigenvalue weighted by molar-refractivity contribution is 5.87. The molecule has 1 heterocycles. The van der Waals surface area contributed by atoms with Crippen LogP contribution in [0.1, 0.15) is 15.9 Å². The standard InChI is InChI=1S/C12H14N2O3.ClH/c15-11-8-14(6-5-13-11)7-9-1-3-10(4-2-9)12(16)17;/h1-4H,5-8H2,(H,13,15)(H,16,17);1H. The molecular formula is C12H15ClN2O3. The molecule has 0 spiro atoms. The van der Waals surface area contributed by atoms with E-state index in [0.717, 1.165) is 12.1 Å². The summed E-state index contributed by atoms with van der Waals surface area (Å²) in [4.78, 5) is 23.9. The lowest BCUT2D eigenvalue weighted by Gasteiger charge is -2.26. The maximum absolute atomic E-state index is 11.2. The first kappa shape index (κ1) is 14.5. The summed E-state index contributed by atoms with van der Waals surface area (Å²) in [6, 6.07) is 6.75. The van der Waals surface area contributed by atoms with Crippen LogP contribution in [0.2, 0.25) is 0 Å². The summed E-state index contributed by atoms with van der Waals surface area (Å²) in [5.41, 5.74) is 1.30. The average Bonchev–Trinajstić information content (AvgIpc) is 2.29. The summed E-state index contributed by atoms with van der Waals surface area (Å²) >= 11 is 0. The molecule has 0 aliphatic carbocycles. The number of piperazine rings is 1. The molecule has 1 aliphatic heterocycles. The minimum Gasteiger partial charge on any atom is -0.478 e. The number of halogens is 1. The predicted molar refractivity (Wildman–Crippen MR) is 68.9 cm³/mol. The van der Waals surface area contributed by atoms with E-state index in [1.54, 1.807) is 24.3 Å². The Kier molecular flexibility index (Phi) is 5.12. The topological polar surface area (TPSA) is 69.6 Å². The van der Waals surface area contributed by atoms with Gasteiger partial charge in [0.05, 0.1) is 12.1 Å². The Hall–Kier alpha value is -1.59. The lowest BCUT2D eigenvalue weighted by Crippen LogP contribution is -2.47. The van der Waals surface area contributed by atoms with Crippen molar-refractivity contribution in [3.8, 4) is 0 Å². The van der Waals surface area contributed by atoms with Crippen LogP contribution in [-0.2, 0) is 11.3 Å². The van der Waals surface area contributed by atoms with E-state index in [1.165, 1.54) is 0 Å². The van der Waals surface area contributed by atoms with E-state index in [-0.39, 0.29) is 23.9 Å². The molecule has 1 aromatic carbocycles. The second kappa shape index (κ2) is 6.37. The van der Waals surface area contributed by atoms with Crippen LogP contribution in [0.25, 0.3) is 0 Å². The second-order valence-electron chi connectivity index (χ2n) is 4.06. The zero-order valence-electron chi connectivity index (χ0n) is 9.76. The van der Waals surface area contributed by atoms with Crippen molar-refractivity contribution in [2.75, 3.05) is 19.6 Å². The first-order chi connectivity index (χ1) is 8.15. The fourth-order valence-corrected chi connectivity index (χ4v) is 1.84. The zero-order valence-corrected chi connectivity index (χ0v) is 10.6. The number of nitrogens with one attached hydrogen (secondary N) is 1. The number of carboxylic acids is 1. The van der Waals surface area contributed by atoms with E-state index in [1.807, 2.05) is 4.90 Å². The molecule has 18 heavy (non-hydrogen) atoms. The Labute approximate surface area is 111 Å². The van der Waals surface area contributed by atoms with E-state index in [0.29, 0.717) is 19.6 Å². The van der Waals surface area contributed by atoms with Crippen LogP contribution in [0.4, 0.5) is 0 Å². The maximum Gasteiger partial charge on any atom is 0.335 e. The quantitative estimate of drug-likeness (QED) is 0.850. The van der Waals surface area contributed by atoms with Crippen molar-refractivity contribution < 1.29 is 14.7 Å². The summed E-state index contributed by atoms with van der Waals surface area (Å²) in [5.74, 6) is -0.882. The van der Waals surface area contributed by atoms with Gasteiger partial charge in [0.1, 0.15) is 0 Å². The molecule has 1 aromatic rings. The first-order valence-electron chi connectivity index (χ1n) is 5.46. The van der Waals surface area contributed by atoms with Crippen LogP contribution in [0.5, 0.6) is 0 Å². The third kappa shape index (κ3) is 3.72. The Balaban J connectivity index is 0.00000162. The molecule has 1 aliphatic rings. The van der Waals surface area contributed by atoms with Gasteiger partial charge < -0.3 is 10.4 Å². The van der Waals surface area contributed by atoms with E-state index >= 15 is 0 Å². The smallest absolute Gasteiger partial charge is 0.335 e. The largest absolute Gasteiger partial charge is 0.478 e. The van der Waals surface area contributed by atoms with Gasteiger partial charge in [0.2, 0.25) is 5.91 Å². The number of hydrogen-bond donors (Lipinski definition) is 2. The first-order valence-corrected chi connectivity index (χ1v) is 5.46. The highest BCUT2D eigenvalue weighted by atomic mass is 35.5. The summed E-state index contributed by atoms with van der Waals surface area (Å²) < 4.78 is 0. The van der Waals surface area contributed by atoms with Gasteiger partial charge in [-0.1, -0.05) is 12.1 Å². The van der Waals surface area contributed by atoms with Gasteiger partial charge in [0.25, 0.3) is 0 Å². The molecule has 1 fully saturated rings. The number of carboxylic acid groups (broad SMARTS) is 1. The molecular weight excluding hydrogens is 256 g/mol. The number of aromatic carboxylic acids is 1. The number of carbonyl (C=O) groups excluding carboxylic acids is 1. The van der Waals surface area contributed by atoms with Crippen molar-refractivity contribution >= 4 is 24.3 Å². The minimum atomic E-state index is -0.922. The fourth-order valence-electron chi connectivity index (χ4n) is 1.84. The molecule has 0 atom stereocenters. The number of amides is 1. The van der Waals surface area contributed by atoms with Crippen molar-refractivity contribution in [2.45, 2.75) is 6.54 Å². The molecule has 0 aromatic heterocycles. The molecule has 6 heteroatoms. The van der Waals surface area contributed by atoms with Crippen LogP contribution < -0.4 is 5.32 Å². The number of rotatable bonds is 3. The van der Waals surface area contributed by atoms with Crippen LogP contribution in [-0.4, -0.2) is 41.5 Å². The van der Waals surface area contributed by atoms with Crippen LogP contribution >= 0.6 is 12.4 Å². The Morgan fingerprint density at radius 2 is 2.00 bits per heavy atom. The maximum atomic E-state index is 11.2. The Morgan fingerprint density at radius 1 is 1.33 bits per heavy atom. The summed E-state index contributed by atoms with van der Waals surface area (Å²) in [6.45, 7) is 2.58. The monoisotopic (exact) mass is 270 g/mol. The van der Waals surface area contributed by atoms with Gasteiger partial charge in [-0.2, -0.15) is 0 Å². The van der Waals surface area contributed by atoms with Crippen molar-refractivity contribution in [2.24, 2.45) is 0 Å². The molecule has 98 valence electrons. The lowest BCUT2D eigenvalue weighted by molar-refractivity contribution is -0.124. The highest BCUT2D eigenvalue weighted by Gasteiger charge is 2.15. The molecule has 2 rings (SSSR count). The molecule has 1 saturated heterocycles. The van der Waals surface area contributed by atoms with Crippen molar-refractivity contribution in [3.63, 3.8) is 0 Å². The predicted octanol–water partition coefficient (Wildman–Crippen LogP) is 0.738. The molecule has 1 amide bonds. The van der Waals surface area contributed by atoms with Crippen molar-refractivity contribution in [1.29, 1.82) is 0 Å². The van der Waals surface area contributed by atoms with Crippen molar-refractivity contribution in [3.05, 3.63) is 35.4 Å². The number of nitrogens with zero attached hydrogens (tertiary/aromatic N) is 1. The van der Waals surface area contributed by atoms with Gasteiger partial charge in [-0.05, 0) is 17.7 Å². The van der Waals surface area contributed by atoms with E-state index < -0.39 is 5.97 Å².